The zero-order chi connectivity index (χ0) is 21.1. The van der Waals surface area contributed by atoms with Crippen molar-refractivity contribution in [3.8, 4) is 11.3 Å². The maximum Gasteiger partial charge on any atom is 0.228 e. The summed E-state index contributed by atoms with van der Waals surface area (Å²) >= 11 is 0. The molecule has 0 N–H and O–H groups in total. The molecule has 0 bridgehead atoms. The summed E-state index contributed by atoms with van der Waals surface area (Å²) in [7, 11) is -3.13. The molecule has 1 aromatic carbocycles. The van der Waals surface area contributed by atoms with E-state index < -0.39 is 14.6 Å². The monoisotopic (exact) mass is 415 g/mol. The average Bonchev–Trinajstić information content (AvgIpc) is 2.68. The molecular weight excluding hydrogens is 386 g/mol. The number of carbonyl (C=O) groups is 1. The molecule has 3 rings (SSSR count). The van der Waals surface area contributed by atoms with Gasteiger partial charge >= 0.3 is 0 Å². The van der Waals surface area contributed by atoms with Gasteiger partial charge in [0.05, 0.1) is 34.5 Å². The van der Waals surface area contributed by atoms with Crippen LogP contribution in [0.4, 0.5) is 0 Å². The summed E-state index contributed by atoms with van der Waals surface area (Å²) in [5.41, 5.74) is 2.42. The number of nitrogens with zero attached hydrogens (tertiary/aromatic N) is 3. The van der Waals surface area contributed by atoms with Crippen molar-refractivity contribution in [2.24, 2.45) is 5.92 Å². The van der Waals surface area contributed by atoms with Gasteiger partial charge in [-0.3, -0.25) is 14.8 Å². The van der Waals surface area contributed by atoms with E-state index in [-0.39, 0.29) is 24.0 Å². The van der Waals surface area contributed by atoms with Gasteiger partial charge in [0, 0.05) is 24.8 Å². The Hall–Kier alpha value is -2.28. The number of rotatable bonds is 5. The highest BCUT2D eigenvalue weighted by molar-refractivity contribution is 7.92. The van der Waals surface area contributed by atoms with E-state index in [2.05, 4.69) is 9.97 Å². The molecule has 1 aliphatic heterocycles. The molecular formula is C22H29N3O3S. The van der Waals surface area contributed by atoms with Crippen LogP contribution in [-0.4, -0.2) is 52.8 Å². The van der Waals surface area contributed by atoms with E-state index in [0.29, 0.717) is 18.8 Å². The number of carbonyl (C=O) groups excluding carboxylic acids is 1. The van der Waals surface area contributed by atoms with Gasteiger partial charge in [-0.05, 0) is 39.5 Å². The fourth-order valence-corrected chi connectivity index (χ4v) is 4.83. The molecule has 0 spiro atoms. The first kappa shape index (κ1) is 21.4. The Morgan fingerprint density at radius 2 is 1.72 bits per heavy atom. The van der Waals surface area contributed by atoms with Crippen molar-refractivity contribution < 1.29 is 13.2 Å². The van der Waals surface area contributed by atoms with Gasteiger partial charge in [0.15, 0.2) is 9.84 Å². The van der Waals surface area contributed by atoms with Crippen LogP contribution >= 0.6 is 0 Å². The Kier molecular flexibility index (Phi) is 6.36. The molecule has 1 aliphatic rings. The van der Waals surface area contributed by atoms with E-state index in [0.717, 1.165) is 24.1 Å². The Balaban J connectivity index is 1.52. The smallest absolute Gasteiger partial charge is 0.228 e. The van der Waals surface area contributed by atoms with Crippen LogP contribution in [-0.2, 0) is 21.1 Å². The molecule has 1 aromatic heterocycles. The van der Waals surface area contributed by atoms with Crippen molar-refractivity contribution in [2.45, 2.75) is 44.8 Å². The van der Waals surface area contributed by atoms with E-state index >= 15 is 0 Å². The lowest BCUT2D eigenvalue weighted by Gasteiger charge is -2.33. The molecule has 2 aromatic rings. The summed E-state index contributed by atoms with van der Waals surface area (Å²) in [6.45, 7) is 6.42. The number of likely N-dealkylation sites (tertiary alicyclic amines) is 1. The van der Waals surface area contributed by atoms with Crippen molar-refractivity contribution in [1.29, 1.82) is 0 Å². The van der Waals surface area contributed by atoms with Gasteiger partial charge in [-0.25, -0.2) is 8.42 Å². The fourth-order valence-electron chi connectivity index (χ4n) is 3.38. The lowest BCUT2D eigenvalue weighted by Crippen LogP contribution is -2.42. The molecule has 0 aliphatic carbocycles. The van der Waals surface area contributed by atoms with Crippen LogP contribution in [0.1, 0.15) is 39.3 Å². The first-order valence-corrected chi connectivity index (χ1v) is 11.7. The van der Waals surface area contributed by atoms with Crippen molar-refractivity contribution in [3.63, 3.8) is 0 Å². The third-order valence-corrected chi connectivity index (χ3v) is 8.24. The number of piperidine rings is 1. The Labute approximate surface area is 173 Å². The first-order valence-electron chi connectivity index (χ1n) is 10.0. The second kappa shape index (κ2) is 8.61. The van der Waals surface area contributed by atoms with E-state index in [1.165, 1.54) is 0 Å². The van der Waals surface area contributed by atoms with E-state index in [1.54, 1.807) is 33.2 Å². The highest BCUT2D eigenvalue weighted by Crippen LogP contribution is 2.25. The summed E-state index contributed by atoms with van der Waals surface area (Å²) in [5, 5.41) is 0. The van der Waals surface area contributed by atoms with Crippen LogP contribution in [0.2, 0.25) is 0 Å². The molecule has 6 nitrogen and oxygen atoms in total. The average molecular weight is 416 g/mol. The molecule has 29 heavy (non-hydrogen) atoms. The van der Waals surface area contributed by atoms with Crippen molar-refractivity contribution >= 4 is 15.7 Å². The minimum absolute atomic E-state index is 0.0175. The van der Waals surface area contributed by atoms with E-state index in [4.69, 9.17) is 0 Å². The summed E-state index contributed by atoms with van der Waals surface area (Å²) < 4.78 is 24.1. The summed E-state index contributed by atoms with van der Waals surface area (Å²) in [4.78, 5) is 23.2. The lowest BCUT2D eigenvalue weighted by molar-refractivity contribution is -0.131. The van der Waals surface area contributed by atoms with Crippen LogP contribution in [0.15, 0.2) is 42.7 Å². The van der Waals surface area contributed by atoms with Crippen LogP contribution in [0.5, 0.6) is 0 Å². The second-order valence-electron chi connectivity index (χ2n) is 8.65. The Morgan fingerprint density at radius 1 is 1.07 bits per heavy atom. The van der Waals surface area contributed by atoms with Crippen LogP contribution < -0.4 is 0 Å². The summed E-state index contributed by atoms with van der Waals surface area (Å²) in [5.74, 6) is 0.336. The largest absolute Gasteiger partial charge is 0.342 e. The standard InChI is InChI=1S/C22H29N3O3S/c1-22(2,3)29(27,28)16-17-9-11-25(12-10-17)21(26)13-19-14-24-20(15-23-19)18-7-5-4-6-8-18/h4-8,14-15,17H,9-13,16H2,1-3H3. The molecule has 1 fully saturated rings. The van der Waals surface area contributed by atoms with Crippen LogP contribution in [0.3, 0.4) is 0 Å². The summed E-state index contributed by atoms with van der Waals surface area (Å²) in [6.07, 6.45) is 5.01. The molecule has 0 atom stereocenters. The van der Waals surface area contributed by atoms with Gasteiger partial charge in [0.1, 0.15) is 0 Å². The first-order chi connectivity index (χ1) is 13.7. The molecule has 156 valence electrons. The quantitative estimate of drug-likeness (QED) is 0.749. The number of hydrogen-bond donors (Lipinski definition) is 0. The van der Waals surface area contributed by atoms with Gasteiger partial charge in [-0.1, -0.05) is 30.3 Å². The molecule has 1 amide bonds. The lowest BCUT2D eigenvalue weighted by atomic mass is 9.98. The highest BCUT2D eigenvalue weighted by Gasteiger charge is 2.33. The normalized spacial score (nSPS) is 16.0. The van der Waals surface area contributed by atoms with Gasteiger partial charge in [-0.2, -0.15) is 0 Å². The SMILES string of the molecule is CC(C)(C)S(=O)(=O)CC1CCN(C(=O)Cc2cnc(-c3ccccc3)cn2)CC1. The predicted molar refractivity (Wildman–Crippen MR) is 114 cm³/mol. The molecule has 0 saturated carbocycles. The highest BCUT2D eigenvalue weighted by atomic mass is 32.2. The molecule has 7 heteroatoms. The minimum atomic E-state index is -3.13. The number of benzene rings is 1. The second-order valence-corrected chi connectivity index (χ2v) is 11.4. The number of amides is 1. The van der Waals surface area contributed by atoms with Gasteiger partial charge in [0.25, 0.3) is 0 Å². The van der Waals surface area contributed by atoms with E-state index in [9.17, 15) is 13.2 Å². The predicted octanol–water partition coefficient (Wildman–Crippen LogP) is 3.14. The maximum absolute atomic E-state index is 12.6. The summed E-state index contributed by atoms with van der Waals surface area (Å²) in [6, 6.07) is 9.79. The van der Waals surface area contributed by atoms with E-state index in [1.807, 2.05) is 35.2 Å². The number of hydrogen-bond acceptors (Lipinski definition) is 5. The van der Waals surface area contributed by atoms with Crippen molar-refractivity contribution in [1.82, 2.24) is 14.9 Å². The molecule has 1 saturated heterocycles. The van der Waals surface area contributed by atoms with Crippen LogP contribution in [0.25, 0.3) is 11.3 Å². The van der Waals surface area contributed by atoms with Crippen molar-refractivity contribution in [3.05, 3.63) is 48.4 Å². The van der Waals surface area contributed by atoms with Gasteiger partial charge < -0.3 is 4.90 Å². The number of aromatic nitrogens is 2. The number of sulfone groups is 1. The minimum Gasteiger partial charge on any atom is -0.342 e. The zero-order valence-electron chi connectivity index (χ0n) is 17.3. The van der Waals surface area contributed by atoms with Gasteiger partial charge in [0.2, 0.25) is 5.91 Å². The van der Waals surface area contributed by atoms with Gasteiger partial charge in [-0.15, -0.1) is 0 Å². The topological polar surface area (TPSA) is 80.2 Å². The molecule has 0 radical (unpaired) electrons. The fraction of sp³-hybridized carbons (Fsp3) is 0.500. The van der Waals surface area contributed by atoms with Crippen molar-refractivity contribution in [2.75, 3.05) is 18.8 Å². The molecule has 2 heterocycles. The third kappa shape index (κ3) is 5.41. The zero-order valence-corrected chi connectivity index (χ0v) is 18.2. The van der Waals surface area contributed by atoms with Crippen LogP contribution in [0, 0.1) is 5.92 Å². The molecule has 0 unspecified atom stereocenters. The Morgan fingerprint density at radius 3 is 2.28 bits per heavy atom. The Bertz CT molecular complexity index is 928. The third-order valence-electron chi connectivity index (χ3n) is 5.46. The maximum atomic E-state index is 12.6.